The summed E-state index contributed by atoms with van der Waals surface area (Å²) >= 11 is 5.16. The van der Waals surface area contributed by atoms with Gasteiger partial charge in [0.2, 0.25) is 5.88 Å². The number of thiocarbonyl (C=S) groups is 1. The number of fused-ring (bicyclic) bond motifs is 1. The van der Waals surface area contributed by atoms with Crippen LogP contribution in [0.5, 0.6) is 5.88 Å². The van der Waals surface area contributed by atoms with Crippen molar-refractivity contribution in [2.45, 2.75) is 38.5 Å². The first-order valence-electron chi connectivity index (χ1n) is 7.77. The summed E-state index contributed by atoms with van der Waals surface area (Å²) in [6.45, 7) is 2.33. The van der Waals surface area contributed by atoms with Gasteiger partial charge in [-0.2, -0.15) is 0 Å². The molecule has 1 fully saturated rings. The Morgan fingerprint density at radius 1 is 1.33 bits per heavy atom. The third-order valence-electron chi connectivity index (χ3n) is 4.33. The number of hydrogen-bond donors (Lipinski definition) is 1. The van der Waals surface area contributed by atoms with Gasteiger partial charge in [-0.3, -0.25) is 0 Å². The Morgan fingerprint density at radius 3 is 2.86 bits per heavy atom. The summed E-state index contributed by atoms with van der Waals surface area (Å²) < 4.78 is 11.3. The second-order valence-electron chi connectivity index (χ2n) is 5.89. The molecule has 114 valence electrons. The molecule has 0 amide bonds. The molecule has 21 heavy (non-hydrogen) atoms. The van der Waals surface area contributed by atoms with Gasteiger partial charge < -0.3 is 15.2 Å². The summed E-state index contributed by atoms with van der Waals surface area (Å²) in [6.07, 6.45) is 6.61. The lowest BCUT2D eigenvalue weighted by Gasteiger charge is -2.23. The van der Waals surface area contributed by atoms with E-state index in [1.165, 1.54) is 18.4 Å². The first-order chi connectivity index (χ1) is 10.2. The highest BCUT2D eigenvalue weighted by Crippen LogP contribution is 2.27. The molecule has 0 saturated carbocycles. The predicted molar refractivity (Wildman–Crippen MR) is 85.8 cm³/mol. The molecule has 0 radical (unpaired) electrons. The molecule has 0 unspecified atom stereocenters. The van der Waals surface area contributed by atoms with E-state index in [0.717, 1.165) is 50.2 Å². The number of aryl methyl sites for hydroxylation is 2. The van der Waals surface area contributed by atoms with E-state index in [0.29, 0.717) is 23.4 Å². The van der Waals surface area contributed by atoms with Gasteiger partial charge in [0.15, 0.2) is 0 Å². The molecule has 0 atom stereocenters. The van der Waals surface area contributed by atoms with E-state index in [9.17, 15) is 0 Å². The molecular formula is C16H22N2O2S. The molecule has 1 aromatic rings. The Balaban J connectivity index is 1.77. The van der Waals surface area contributed by atoms with Crippen LogP contribution in [0.15, 0.2) is 6.07 Å². The van der Waals surface area contributed by atoms with Crippen molar-refractivity contribution in [2.75, 3.05) is 19.8 Å². The van der Waals surface area contributed by atoms with E-state index in [-0.39, 0.29) is 0 Å². The topological polar surface area (TPSA) is 57.4 Å². The molecule has 1 aliphatic heterocycles. The summed E-state index contributed by atoms with van der Waals surface area (Å²) in [5.74, 6) is 1.16. The molecule has 3 rings (SSSR count). The lowest BCUT2D eigenvalue weighted by atomic mass is 9.95. The maximum absolute atomic E-state index is 5.97. The minimum absolute atomic E-state index is 0.373. The Kier molecular flexibility index (Phi) is 4.70. The molecule has 0 spiro atoms. The van der Waals surface area contributed by atoms with Crippen LogP contribution in [0.3, 0.4) is 0 Å². The Labute approximate surface area is 131 Å². The number of nitrogens with zero attached hydrogens (tertiary/aromatic N) is 1. The smallest absolute Gasteiger partial charge is 0.224 e. The lowest BCUT2D eigenvalue weighted by Crippen LogP contribution is -2.23. The molecule has 2 N–H and O–H groups in total. The fourth-order valence-electron chi connectivity index (χ4n) is 3.01. The molecular weight excluding hydrogens is 284 g/mol. The fourth-order valence-corrected chi connectivity index (χ4v) is 3.16. The van der Waals surface area contributed by atoms with Gasteiger partial charge in [-0.1, -0.05) is 12.2 Å². The van der Waals surface area contributed by atoms with Crippen molar-refractivity contribution in [3.8, 4) is 5.88 Å². The molecule has 0 bridgehead atoms. The van der Waals surface area contributed by atoms with Crippen molar-refractivity contribution in [1.29, 1.82) is 0 Å². The third kappa shape index (κ3) is 3.52. The minimum Gasteiger partial charge on any atom is -0.477 e. The second-order valence-corrected chi connectivity index (χ2v) is 6.32. The van der Waals surface area contributed by atoms with Crippen LogP contribution < -0.4 is 10.5 Å². The predicted octanol–water partition coefficient (Wildman–Crippen LogP) is 2.40. The Morgan fingerprint density at radius 2 is 2.10 bits per heavy atom. The fraction of sp³-hybridized carbons (Fsp3) is 0.625. The van der Waals surface area contributed by atoms with Crippen molar-refractivity contribution in [2.24, 2.45) is 11.7 Å². The normalized spacial score (nSPS) is 19.0. The van der Waals surface area contributed by atoms with Crippen molar-refractivity contribution >= 4 is 17.2 Å². The molecule has 5 heteroatoms. The molecule has 0 aromatic carbocycles. The lowest BCUT2D eigenvalue weighted by molar-refractivity contribution is 0.0490. The number of ether oxygens (including phenoxy) is 2. The van der Waals surface area contributed by atoms with Crippen LogP contribution in [0.4, 0.5) is 0 Å². The zero-order valence-electron chi connectivity index (χ0n) is 12.3. The molecule has 1 aromatic heterocycles. The molecule has 1 aliphatic carbocycles. The van der Waals surface area contributed by atoms with Crippen LogP contribution >= 0.6 is 12.2 Å². The van der Waals surface area contributed by atoms with Crippen LogP contribution in [0.25, 0.3) is 0 Å². The molecule has 1 saturated heterocycles. The van der Waals surface area contributed by atoms with Crippen LogP contribution in [-0.4, -0.2) is 29.8 Å². The van der Waals surface area contributed by atoms with Gasteiger partial charge in [0.1, 0.15) is 4.99 Å². The first-order valence-corrected chi connectivity index (χ1v) is 8.18. The summed E-state index contributed by atoms with van der Waals surface area (Å²) in [5, 5.41) is 0. The van der Waals surface area contributed by atoms with E-state index < -0.39 is 0 Å². The van der Waals surface area contributed by atoms with E-state index in [1.54, 1.807) is 0 Å². The van der Waals surface area contributed by atoms with Gasteiger partial charge in [0.05, 0.1) is 12.2 Å². The van der Waals surface area contributed by atoms with E-state index >= 15 is 0 Å². The first kappa shape index (κ1) is 14.7. The SMILES string of the molecule is NC(=S)c1cc2c(nc1OCC1CCOCC1)CCCC2. The highest BCUT2D eigenvalue weighted by molar-refractivity contribution is 7.80. The summed E-state index contributed by atoms with van der Waals surface area (Å²) in [5.41, 5.74) is 9.07. The van der Waals surface area contributed by atoms with Crippen molar-refractivity contribution in [1.82, 2.24) is 4.98 Å². The Bertz CT molecular complexity index is 527. The quantitative estimate of drug-likeness (QED) is 0.866. The van der Waals surface area contributed by atoms with Gasteiger partial charge in [0.25, 0.3) is 0 Å². The Hall–Kier alpha value is -1.20. The number of nitrogens with two attached hydrogens (primary N) is 1. The second kappa shape index (κ2) is 6.71. The summed E-state index contributed by atoms with van der Waals surface area (Å²) in [4.78, 5) is 5.07. The average Bonchev–Trinajstić information content (AvgIpc) is 2.53. The van der Waals surface area contributed by atoms with Gasteiger partial charge >= 0.3 is 0 Å². The zero-order valence-corrected chi connectivity index (χ0v) is 13.1. The van der Waals surface area contributed by atoms with Crippen molar-refractivity contribution in [3.63, 3.8) is 0 Å². The van der Waals surface area contributed by atoms with Gasteiger partial charge in [-0.05, 0) is 56.1 Å². The van der Waals surface area contributed by atoms with Gasteiger partial charge in [0, 0.05) is 18.9 Å². The maximum Gasteiger partial charge on any atom is 0.224 e. The monoisotopic (exact) mass is 306 g/mol. The van der Waals surface area contributed by atoms with Crippen LogP contribution in [0.1, 0.15) is 42.5 Å². The number of rotatable bonds is 4. The van der Waals surface area contributed by atoms with Crippen LogP contribution in [0, 0.1) is 5.92 Å². The van der Waals surface area contributed by atoms with Crippen LogP contribution in [0.2, 0.25) is 0 Å². The number of pyridine rings is 1. The maximum atomic E-state index is 5.97. The standard InChI is InChI=1S/C16H22N2O2S/c17-15(21)13-9-12-3-1-2-4-14(12)18-16(13)20-10-11-5-7-19-8-6-11/h9,11H,1-8,10H2,(H2,17,21). The van der Waals surface area contributed by atoms with E-state index in [4.69, 9.17) is 32.4 Å². The summed E-state index contributed by atoms with van der Waals surface area (Å²) in [7, 11) is 0. The highest BCUT2D eigenvalue weighted by atomic mass is 32.1. The average molecular weight is 306 g/mol. The molecule has 2 aliphatic rings. The minimum atomic E-state index is 0.373. The van der Waals surface area contributed by atoms with Crippen molar-refractivity contribution in [3.05, 3.63) is 22.9 Å². The van der Waals surface area contributed by atoms with Crippen LogP contribution in [-0.2, 0) is 17.6 Å². The molecule has 2 heterocycles. The van der Waals surface area contributed by atoms with Crippen molar-refractivity contribution < 1.29 is 9.47 Å². The summed E-state index contributed by atoms with van der Waals surface area (Å²) in [6, 6.07) is 2.09. The highest BCUT2D eigenvalue weighted by Gasteiger charge is 2.19. The van der Waals surface area contributed by atoms with Gasteiger partial charge in [-0.25, -0.2) is 4.98 Å². The number of aromatic nitrogens is 1. The molecule has 4 nitrogen and oxygen atoms in total. The third-order valence-corrected chi connectivity index (χ3v) is 4.55. The largest absolute Gasteiger partial charge is 0.477 e. The van der Waals surface area contributed by atoms with Gasteiger partial charge in [-0.15, -0.1) is 0 Å². The zero-order chi connectivity index (χ0) is 14.7. The van der Waals surface area contributed by atoms with E-state index in [2.05, 4.69) is 6.07 Å². The van der Waals surface area contributed by atoms with E-state index in [1.807, 2.05) is 0 Å². The number of hydrogen-bond acceptors (Lipinski definition) is 4.